The van der Waals surface area contributed by atoms with Gasteiger partial charge >= 0.3 is 0 Å². The summed E-state index contributed by atoms with van der Waals surface area (Å²) in [6, 6.07) is 23.5. The molecular weight excluding hydrogens is 372 g/mol. The maximum absolute atomic E-state index is 13.3. The van der Waals surface area contributed by atoms with E-state index in [1.165, 1.54) is 0 Å². The summed E-state index contributed by atoms with van der Waals surface area (Å²) in [6.07, 6.45) is 0.463. The van der Waals surface area contributed by atoms with E-state index in [4.69, 9.17) is 11.6 Å². The second-order valence-corrected chi connectivity index (χ2v) is 7.16. The van der Waals surface area contributed by atoms with Gasteiger partial charge in [0.1, 0.15) is 6.04 Å². The van der Waals surface area contributed by atoms with Crippen molar-refractivity contribution in [2.24, 2.45) is 0 Å². The molecule has 1 unspecified atom stereocenters. The number of nitrogens with one attached hydrogen (secondary N) is 1. The maximum Gasteiger partial charge on any atom is 0.256 e. The molecule has 0 fully saturated rings. The summed E-state index contributed by atoms with van der Waals surface area (Å²) in [4.78, 5) is 27.9. The van der Waals surface area contributed by atoms with Crippen molar-refractivity contribution in [1.82, 2.24) is 4.90 Å². The number of amides is 2. The number of anilines is 1. The number of nitrogens with zero attached hydrogens (tertiary/aromatic N) is 1. The van der Waals surface area contributed by atoms with Gasteiger partial charge in [-0.05, 0) is 35.4 Å². The third-order valence-electron chi connectivity index (χ3n) is 4.96. The quantitative estimate of drug-likeness (QED) is 0.713. The summed E-state index contributed by atoms with van der Waals surface area (Å²) >= 11 is 6.25. The molecule has 140 valence electrons. The monoisotopic (exact) mass is 390 g/mol. The van der Waals surface area contributed by atoms with Crippen LogP contribution in [0.1, 0.15) is 21.5 Å². The highest BCUT2D eigenvalue weighted by atomic mass is 35.5. The molecule has 4 nitrogen and oxygen atoms in total. The van der Waals surface area contributed by atoms with Gasteiger partial charge in [-0.3, -0.25) is 9.59 Å². The lowest BCUT2D eigenvalue weighted by Crippen LogP contribution is -2.50. The third-order valence-corrected chi connectivity index (χ3v) is 5.29. The molecule has 0 radical (unpaired) electrons. The molecule has 2 amide bonds. The molecule has 3 aromatic carbocycles. The van der Waals surface area contributed by atoms with Crippen LogP contribution in [0, 0.1) is 0 Å². The van der Waals surface area contributed by atoms with Gasteiger partial charge < -0.3 is 10.2 Å². The zero-order valence-electron chi connectivity index (χ0n) is 15.1. The summed E-state index contributed by atoms with van der Waals surface area (Å²) in [5, 5.41) is 3.31. The molecular formula is C23H19ClN2O2. The molecule has 5 heteroatoms. The van der Waals surface area contributed by atoms with Crippen LogP contribution >= 0.6 is 11.6 Å². The fourth-order valence-corrected chi connectivity index (χ4v) is 3.72. The highest BCUT2D eigenvalue weighted by Gasteiger charge is 2.35. The van der Waals surface area contributed by atoms with Crippen LogP contribution in [0.25, 0.3) is 0 Å². The zero-order chi connectivity index (χ0) is 19.5. The molecule has 0 bridgehead atoms. The number of halogens is 1. The van der Waals surface area contributed by atoms with E-state index in [1.807, 2.05) is 54.6 Å². The molecule has 4 rings (SSSR count). The highest BCUT2D eigenvalue weighted by Crippen LogP contribution is 2.27. The minimum Gasteiger partial charge on any atom is -0.324 e. The number of hydrogen-bond acceptors (Lipinski definition) is 2. The highest BCUT2D eigenvalue weighted by molar-refractivity contribution is 6.33. The fraction of sp³-hybridized carbons (Fsp3) is 0.130. The van der Waals surface area contributed by atoms with E-state index in [0.717, 1.165) is 11.1 Å². The lowest BCUT2D eigenvalue weighted by Gasteiger charge is -2.36. The van der Waals surface area contributed by atoms with Crippen LogP contribution in [0.2, 0.25) is 5.02 Å². The third kappa shape index (κ3) is 3.64. The van der Waals surface area contributed by atoms with Crippen molar-refractivity contribution >= 4 is 29.1 Å². The number of hydrogen-bond donors (Lipinski definition) is 1. The van der Waals surface area contributed by atoms with Gasteiger partial charge in [0, 0.05) is 18.7 Å². The van der Waals surface area contributed by atoms with E-state index < -0.39 is 6.04 Å². The van der Waals surface area contributed by atoms with Crippen LogP contribution in [0.15, 0.2) is 78.9 Å². The minimum atomic E-state index is -0.612. The largest absolute Gasteiger partial charge is 0.324 e. The minimum absolute atomic E-state index is 0.207. The van der Waals surface area contributed by atoms with Crippen molar-refractivity contribution in [2.75, 3.05) is 5.32 Å². The Morgan fingerprint density at radius 1 is 0.857 bits per heavy atom. The number of carbonyl (C=O) groups excluding carboxylic acids is 2. The Bertz CT molecular complexity index is 1020. The first kappa shape index (κ1) is 18.3. The van der Waals surface area contributed by atoms with Gasteiger partial charge in [-0.25, -0.2) is 0 Å². The lowest BCUT2D eigenvalue weighted by atomic mass is 9.92. The molecule has 1 aliphatic rings. The second-order valence-electron chi connectivity index (χ2n) is 6.76. The fourth-order valence-electron chi connectivity index (χ4n) is 3.51. The van der Waals surface area contributed by atoms with Crippen molar-refractivity contribution in [3.63, 3.8) is 0 Å². The van der Waals surface area contributed by atoms with Crippen molar-refractivity contribution in [3.05, 3.63) is 101 Å². The van der Waals surface area contributed by atoms with E-state index in [9.17, 15) is 9.59 Å². The van der Waals surface area contributed by atoms with Crippen LogP contribution in [-0.2, 0) is 17.8 Å². The predicted molar refractivity (Wildman–Crippen MR) is 110 cm³/mol. The van der Waals surface area contributed by atoms with Gasteiger partial charge in [0.25, 0.3) is 5.91 Å². The van der Waals surface area contributed by atoms with Gasteiger partial charge in [-0.1, -0.05) is 66.2 Å². The van der Waals surface area contributed by atoms with Crippen LogP contribution in [0.5, 0.6) is 0 Å². The summed E-state index contributed by atoms with van der Waals surface area (Å²) in [7, 11) is 0. The SMILES string of the molecule is O=C(Nc1ccccc1)C1Cc2ccccc2CN1C(=O)c1ccccc1Cl. The Hall–Kier alpha value is -3.11. The van der Waals surface area contributed by atoms with E-state index in [-0.39, 0.29) is 11.8 Å². The number of rotatable bonds is 3. The first-order valence-electron chi connectivity index (χ1n) is 9.11. The predicted octanol–water partition coefficient (Wildman–Crippen LogP) is 4.55. The Morgan fingerprint density at radius 2 is 1.50 bits per heavy atom. The van der Waals surface area contributed by atoms with Gasteiger partial charge in [0.15, 0.2) is 0 Å². The molecule has 0 aromatic heterocycles. The van der Waals surface area contributed by atoms with Crippen molar-refractivity contribution in [2.45, 2.75) is 19.0 Å². The van der Waals surface area contributed by atoms with Crippen LogP contribution in [0.4, 0.5) is 5.69 Å². The number of para-hydroxylation sites is 1. The van der Waals surface area contributed by atoms with Crippen molar-refractivity contribution < 1.29 is 9.59 Å². The van der Waals surface area contributed by atoms with Crippen LogP contribution < -0.4 is 5.32 Å². The first-order valence-corrected chi connectivity index (χ1v) is 9.49. The van der Waals surface area contributed by atoms with Crippen molar-refractivity contribution in [1.29, 1.82) is 0 Å². The smallest absolute Gasteiger partial charge is 0.256 e. The van der Waals surface area contributed by atoms with Crippen LogP contribution in [-0.4, -0.2) is 22.8 Å². The van der Waals surface area contributed by atoms with E-state index in [1.54, 1.807) is 29.2 Å². The second kappa shape index (κ2) is 7.87. The molecule has 1 N–H and O–H groups in total. The number of benzene rings is 3. The summed E-state index contributed by atoms with van der Waals surface area (Å²) in [5.74, 6) is -0.450. The molecule has 3 aromatic rings. The molecule has 0 saturated heterocycles. The first-order chi connectivity index (χ1) is 13.6. The normalized spacial score (nSPS) is 15.6. The number of carbonyl (C=O) groups is 2. The lowest BCUT2D eigenvalue weighted by molar-refractivity contribution is -0.121. The average Bonchev–Trinajstić information content (AvgIpc) is 2.73. The van der Waals surface area contributed by atoms with E-state index in [0.29, 0.717) is 29.2 Å². The molecule has 0 aliphatic carbocycles. The molecule has 1 heterocycles. The van der Waals surface area contributed by atoms with Gasteiger partial charge in [-0.15, -0.1) is 0 Å². The zero-order valence-corrected chi connectivity index (χ0v) is 15.9. The topological polar surface area (TPSA) is 49.4 Å². The maximum atomic E-state index is 13.3. The van der Waals surface area contributed by atoms with Gasteiger partial charge in [-0.2, -0.15) is 0 Å². The average molecular weight is 391 g/mol. The molecule has 28 heavy (non-hydrogen) atoms. The Labute approximate surface area is 168 Å². The molecule has 0 saturated carbocycles. The molecule has 1 atom stereocenters. The van der Waals surface area contributed by atoms with Gasteiger partial charge in [0.2, 0.25) is 5.91 Å². The van der Waals surface area contributed by atoms with Gasteiger partial charge in [0.05, 0.1) is 10.6 Å². The van der Waals surface area contributed by atoms with Crippen molar-refractivity contribution in [3.8, 4) is 0 Å². The van der Waals surface area contributed by atoms with E-state index in [2.05, 4.69) is 5.32 Å². The molecule has 1 aliphatic heterocycles. The Kier molecular flexibility index (Phi) is 5.13. The summed E-state index contributed by atoms with van der Waals surface area (Å²) in [5.41, 5.74) is 3.24. The number of fused-ring (bicyclic) bond motifs is 1. The Balaban J connectivity index is 1.67. The molecule has 0 spiro atoms. The van der Waals surface area contributed by atoms with E-state index >= 15 is 0 Å². The standard InChI is InChI=1S/C23H19ClN2O2/c24-20-13-7-6-12-19(20)23(28)26-15-17-9-5-4-8-16(17)14-21(26)22(27)25-18-10-2-1-3-11-18/h1-13,21H,14-15H2,(H,25,27). The Morgan fingerprint density at radius 3 is 2.25 bits per heavy atom. The summed E-state index contributed by atoms with van der Waals surface area (Å²) in [6.45, 7) is 0.368. The van der Waals surface area contributed by atoms with Crippen LogP contribution in [0.3, 0.4) is 0 Å². The summed E-state index contributed by atoms with van der Waals surface area (Å²) < 4.78 is 0.